The first kappa shape index (κ1) is 13.5. The molecule has 4 heteroatoms. The number of thiazole rings is 1. The summed E-state index contributed by atoms with van der Waals surface area (Å²) >= 11 is 1.61. The van der Waals surface area contributed by atoms with E-state index in [0.717, 1.165) is 17.1 Å². The molecular weight excluding hydrogens is 244 g/mol. The Morgan fingerprint density at radius 1 is 1.50 bits per heavy atom. The fourth-order valence-electron chi connectivity index (χ4n) is 2.83. The lowest BCUT2D eigenvalue weighted by Gasteiger charge is -2.36. The summed E-state index contributed by atoms with van der Waals surface area (Å²) in [7, 11) is 1.95. The molecule has 2 atom stereocenters. The van der Waals surface area contributed by atoms with E-state index in [2.05, 4.69) is 11.9 Å². The summed E-state index contributed by atoms with van der Waals surface area (Å²) in [4.78, 5) is 18.6. The maximum Gasteiger partial charge on any atom is 0.228 e. The molecule has 0 spiro atoms. The zero-order valence-electron chi connectivity index (χ0n) is 11.5. The molecule has 1 aliphatic rings. The van der Waals surface area contributed by atoms with Gasteiger partial charge >= 0.3 is 0 Å². The number of hydrogen-bond acceptors (Lipinski definition) is 3. The Bertz CT molecular complexity index is 416. The van der Waals surface area contributed by atoms with Crippen LogP contribution in [-0.2, 0) is 11.2 Å². The highest BCUT2D eigenvalue weighted by atomic mass is 32.1. The molecule has 3 nitrogen and oxygen atoms in total. The minimum absolute atomic E-state index is 0.207. The summed E-state index contributed by atoms with van der Waals surface area (Å²) in [5.74, 6) is 0.837. The summed E-state index contributed by atoms with van der Waals surface area (Å²) in [6, 6.07) is 0.422. The van der Waals surface area contributed by atoms with Gasteiger partial charge in [-0.05, 0) is 25.7 Å². The Labute approximate surface area is 113 Å². The van der Waals surface area contributed by atoms with Gasteiger partial charge < -0.3 is 4.90 Å². The molecule has 100 valence electrons. The average Bonchev–Trinajstić information content (AvgIpc) is 2.74. The number of aryl methyl sites for hydroxylation is 1. The molecule has 1 aliphatic carbocycles. The molecule has 0 bridgehead atoms. The molecule has 0 radical (unpaired) electrons. The maximum absolute atomic E-state index is 12.3. The van der Waals surface area contributed by atoms with Crippen LogP contribution in [-0.4, -0.2) is 28.9 Å². The van der Waals surface area contributed by atoms with Crippen molar-refractivity contribution in [2.75, 3.05) is 7.05 Å². The average molecular weight is 266 g/mol. The number of hydrogen-bond donors (Lipinski definition) is 0. The highest BCUT2D eigenvalue weighted by Crippen LogP contribution is 2.27. The van der Waals surface area contributed by atoms with Crippen molar-refractivity contribution in [3.63, 3.8) is 0 Å². The summed E-state index contributed by atoms with van der Waals surface area (Å²) < 4.78 is 0. The van der Waals surface area contributed by atoms with Gasteiger partial charge in [-0.15, -0.1) is 11.3 Å². The van der Waals surface area contributed by atoms with Crippen LogP contribution in [0.5, 0.6) is 0 Å². The standard InChI is InChI=1S/C14H22N2OS/c1-10-6-4-5-7-13(10)16(3)14(17)8-12-9-18-11(2)15-12/h9-10,13H,4-8H2,1-3H3. The first-order chi connectivity index (χ1) is 8.58. The van der Waals surface area contributed by atoms with Gasteiger partial charge in [0, 0.05) is 18.5 Å². The largest absolute Gasteiger partial charge is 0.342 e. The molecule has 1 aromatic heterocycles. The topological polar surface area (TPSA) is 33.2 Å². The summed E-state index contributed by atoms with van der Waals surface area (Å²) in [6.07, 6.45) is 5.41. The second-order valence-electron chi connectivity index (χ2n) is 5.37. The molecule has 18 heavy (non-hydrogen) atoms. The minimum atomic E-state index is 0.207. The van der Waals surface area contributed by atoms with Crippen molar-refractivity contribution < 1.29 is 4.79 Å². The number of likely N-dealkylation sites (N-methyl/N-ethyl adjacent to an activating group) is 1. The summed E-state index contributed by atoms with van der Waals surface area (Å²) in [5, 5.41) is 3.03. The Morgan fingerprint density at radius 3 is 2.83 bits per heavy atom. The first-order valence-corrected chi connectivity index (χ1v) is 7.62. The van der Waals surface area contributed by atoms with Crippen molar-refractivity contribution >= 4 is 17.2 Å². The highest BCUT2D eigenvalue weighted by Gasteiger charge is 2.27. The summed E-state index contributed by atoms with van der Waals surface area (Å²) in [6.45, 7) is 4.24. The summed E-state index contributed by atoms with van der Waals surface area (Å²) in [5.41, 5.74) is 0.915. The lowest BCUT2D eigenvalue weighted by atomic mass is 9.85. The third-order valence-electron chi connectivity index (χ3n) is 3.96. The van der Waals surface area contributed by atoms with Crippen LogP contribution in [0.25, 0.3) is 0 Å². The van der Waals surface area contributed by atoms with Gasteiger partial charge in [0.2, 0.25) is 5.91 Å². The van der Waals surface area contributed by atoms with Crippen LogP contribution in [0.15, 0.2) is 5.38 Å². The Hall–Kier alpha value is -0.900. The van der Waals surface area contributed by atoms with Crippen molar-refractivity contribution in [1.82, 2.24) is 9.88 Å². The maximum atomic E-state index is 12.3. The van der Waals surface area contributed by atoms with Crippen LogP contribution < -0.4 is 0 Å². The van der Waals surface area contributed by atoms with E-state index >= 15 is 0 Å². The van der Waals surface area contributed by atoms with E-state index in [0.29, 0.717) is 18.4 Å². The zero-order chi connectivity index (χ0) is 13.1. The van der Waals surface area contributed by atoms with Crippen LogP contribution in [0.3, 0.4) is 0 Å². The molecule has 0 aromatic carbocycles. The lowest BCUT2D eigenvalue weighted by molar-refractivity contribution is -0.132. The molecule has 1 heterocycles. The van der Waals surface area contributed by atoms with E-state index in [9.17, 15) is 4.79 Å². The van der Waals surface area contributed by atoms with Gasteiger partial charge in [0.1, 0.15) is 0 Å². The van der Waals surface area contributed by atoms with Crippen molar-refractivity contribution in [3.05, 3.63) is 16.1 Å². The molecular formula is C14H22N2OS. The lowest BCUT2D eigenvalue weighted by Crippen LogP contribution is -2.43. The van der Waals surface area contributed by atoms with Crippen molar-refractivity contribution in [3.8, 4) is 0 Å². The fraction of sp³-hybridized carbons (Fsp3) is 0.714. The molecule has 1 saturated carbocycles. The molecule has 1 amide bonds. The third-order valence-corrected chi connectivity index (χ3v) is 4.78. The van der Waals surface area contributed by atoms with E-state index < -0.39 is 0 Å². The predicted octanol–water partition coefficient (Wildman–Crippen LogP) is 3.03. The monoisotopic (exact) mass is 266 g/mol. The fourth-order valence-corrected chi connectivity index (χ4v) is 3.44. The van der Waals surface area contributed by atoms with Crippen molar-refractivity contribution in [2.45, 2.75) is 52.0 Å². The van der Waals surface area contributed by atoms with Crippen molar-refractivity contribution in [1.29, 1.82) is 0 Å². The molecule has 1 fully saturated rings. The smallest absolute Gasteiger partial charge is 0.228 e. The molecule has 2 unspecified atom stereocenters. The van der Waals surface area contributed by atoms with E-state index in [1.165, 1.54) is 19.3 Å². The van der Waals surface area contributed by atoms with E-state index in [-0.39, 0.29) is 5.91 Å². The van der Waals surface area contributed by atoms with Gasteiger partial charge in [0.15, 0.2) is 0 Å². The second kappa shape index (κ2) is 5.83. The highest BCUT2D eigenvalue weighted by molar-refractivity contribution is 7.09. The van der Waals surface area contributed by atoms with Crippen LogP contribution in [0.2, 0.25) is 0 Å². The Morgan fingerprint density at radius 2 is 2.22 bits per heavy atom. The predicted molar refractivity (Wildman–Crippen MR) is 74.7 cm³/mol. The number of aromatic nitrogens is 1. The molecule has 1 aromatic rings. The molecule has 2 rings (SSSR count). The van der Waals surface area contributed by atoms with E-state index in [1.54, 1.807) is 11.3 Å². The van der Waals surface area contributed by atoms with E-state index in [1.807, 2.05) is 24.3 Å². The molecule has 0 N–H and O–H groups in total. The van der Waals surface area contributed by atoms with Crippen LogP contribution in [0.4, 0.5) is 0 Å². The SMILES string of the molecule is Cc1nc(CC(=O)N(C)C2CCCCC2C)cs1. The van der Waals surface area contributed by atoms with Crippen LogP contribution >= 0.6 is 11.3 Å². The number of carbonyl (C=O) groups excluding carboxylic acids is 1. The Balaban J connectivity index is 1.95. The molecule has 0 saturated heterocycles. The minimum Gasteiger partial charge on any atom is -0.342 e. The van der Waals surface area contributed by atoms with Crippen molar-refractivity contribution in [2.24, 2.45) is 5.92 Å². The zero-order valence-corrected chi connectivity index (χ0v) is 12.3. The third kappa shape index (κ3) is 3.10. The number of rotatable bonds is 3. The van der Waals surface area contributed by atoms with Gasteiger partial charge in [-0.1, -0.05) is 19.8 Å². The van der Waals surface area contributed by atoms with E-state index in [4.69, 9.17) is 0 Å². The van der Waals surface area contributed by atoms with Crippen LogP contribution in [0.1, 0.15) is 43.3 Å². The quantitative estimate of drug-likeness (QED) is 0.842. The Kier molecular flexibility index (Phi) is 4.38. The van der Waals surface area contributed by atoms with Gasteiger partial charge in [-0.2, -0.15) is 0 Å². The number of nitrogens with zero attached hydrogens (tertiary/aromatic N) is 2. The first-order valence-electron chi connectivity index (χ1n) is 6.74. The number of amides is 1. The van der Waals surface area contributed by atoms with Gasteiger partial charge in [0.05, 0.1) is 17.1 Å². The normalized spacial score (nSPS) is 23.9. The number of carbonyl (C=O) groups is 1. The van der Waals surface area contributed by atoms with Gasteiger partial charge in [-0.3, -0.25) is 4.79 Å². The van der Waals surface area contributed by atoms with Crippen LogP contribution in [0, 0.1) is 12.8 Å². The second-order valence-corrected chi connectivity index (χ2v) is 6.43. The van der Waals surface area contributed by atoms with Gasteiger partial charge in [0.25, 0.3) is 0 Å². The molecule has 0 aliphatic heterocycles. The van der Waals surface area contributed by atoms with Gasteiger partial charge in [-0.25, -0.2) is 4.98 Å².